The van der Waals surface area contributed by atoms with Gasteiger partial charge in [0.1, 0.15) is 11.6 Å². The average Bonchev–Trinajstić information content (AvgIpc) is 2.86. The molecule has 0 aliphatic carbocycles. The molecular weight excluding hydrogens is 416 g/mol. The standard InChI is InChI=1S/C26H30N4O3/c1-3-33-26-28-18-21(19-29-26)11-14-23(31)9-5-4-7-22-8-6-10-25(30-22)27-17-20-12-15-24(32-2)16-13-20/h6,8,10-16,18-19H,3-5,7,9,17H2,1-2H3,(H,27,30)/b14-11+. The zero-order chi connectivity index (χ0) is 23.3. The summed E-state index contributed by atoms with van der Waals surface area (Å²) >= 11 is 0. The van der Waals surface area contributed by atoms with Crippen molar-refractivity contribution in [3.05, 3.63) is 77.8 Å². The van der Waals surface area contributed by atoms with E-state index in [1.165, 1.54) is 0 Å². The van der Waals surface area contributed by atoms with Crippen LogP contribution in [0.3, 0.4) is 0 Å². The number of nitrogens with one attached hydrogen (secondary N) is 1. The summed E-state index contributed by atoms with van der Waals surface area (Å²) in [6.45, 7) is 3.10. The molecule has 0 unspecified atom stereocenters. The number of pyridine rings is 1. The summed E-state index contributed by atoms with van der Waals surface area (Å²) in [5.74, 6) is 1.78. The first-order valence-electron chi connectivity index (χ1n) is 11.1. The van der Waals surface area contributed by atoms with Gasteiger partial charge in [0.15, 0.2) is 5.78 Å². The van der Waals surface area contributed by atoms with E-state index in [4.69, 9.17) is 9.47 Å². The van der Waals surface area contributed by atoms with E-state index in [0.29, 0.717) is 25.6 Å². The molecule has 1 N–H and O–H groups in total. The van der Waals surface area contributed by atoms with Crippen LogP contribution in [0.2, 0.25) is 0 Å². The first kappa shape index (κ1) is 23.9. The predicted octanol–water partition coefficient (Wildman–Crippen LogP) is 4.89. The van der Waals surface area contributed by atoms with Crippen LogP contribution in [-0.4, -0.2) is 34.5 Å². The van der Waals surface area contributed by atoms with Crippen molar-refractivity contribution in [1.82, 2.24) is 15.0 Å². The van der Waals surface area contributed by atoms with Crippen LogP contribution in [0.15, 0.2) is 60.9 Å². The Labute approximate surface area is 194 Å². The van der Waals surface area contributed by atoms with Gasteiger partial charge >= 0.3 is 6.01 Å². The molecule has 2 heterocycles. The summed E-state index contributed by atoms with van der Waals surface area (Å²) in [6, 6.07) is 14.3. The molecular formula is C26H30N4O3. The molecule has 33 heavy (non-hydrogen) atoms. The third-order valence-electron chi connectivity index (χ3n) is 4.93. The molecule has 172 valence electrons. The second-order valence-corrected chi connectivity index (χ2v) is 7.45. The minimum Gasteiger partial charge on any atom is -0.497 e. The fraction of sp³-hybridized carbons (Fsp3) is 0.308. The number of anilines is 1. The fourth-order valence-electron chi connectivity index (χ4n) is 3.15. The largest absolute Gasteiger partial charge is 0.497 e. The lowest BCUT2D eigenvalue weighted by Gasteiger charge is -2.08. The maximum absolute atomic E-state index is 12.1. The number of ether oxygens (including phenoxy) is 2. The van der Waals surface area contributed by atoms with Crippen molar-refractivity contribution >= 4 is 17.7 Å². The van der Waals surface area contributed by atoms with Crippen LogP contribution < -0.4 is 14.8 Å². The van der Waals surface area contributed by atoms with Gasteiger partial charge < -0.3 is 14.8 Å². The number of carbonyl (C=O) groups excluding carboxylic acids is 1. The zero-order valence-corrected chi connectivity index (χ0v) is 19.2. The van der Waals surface area contributed by atoms with Crippen LogP contribution in [0.1, 0.15) is 43.0 Å². The number of benzene rings is 1. The van der Waals surface area contributed by atoms with Gasteiger partial charge in [0.25, 0.3) is 0 Å². The summed E-state index contributed by atoms with van der Waals surface area (Å²) in [4.78, 5) is 25.0. The van der Waals surface area contributed by atoms with Gasteiger partial charge in [-0.1, -0.05) is 18.2 Å². The lowest BCUT2D eigenvalue weighted by Crippen LogP contribution is -2.03. The van der Waals surface area contributed by atoms with Crippen LogP contribution in [-0.2, 0) is 17.8 Å². The first-order chi connectivity index (χ1) is 16.2. The number of hydrogen-bond donors (Lipinski definition) is 1. The van der Waals surface area contributed by atoms with Gasteiger partial charge in [-0.25, -0.2) is 15.0 Å². The molecule has 0 saturated heterocycles. The number of methoxy groups -OCH3 is 1. The van der Waals surface area contributed by atoms with Crippen LogP contribution in [0.5, 0.6) is 11.8 Å². The van der Waals surface area contributed by atoms with Gasteiger partial charge in [-0.2, -0.15) is 0 Å². The maximum Gasteiger partial charge on any atom is 0.316 e. The van der Waals surface area contributed by atoms with Gasteiger partial charge in [0, 0.05) is 36.6 Å². The van der Waals surface area contributed by atoms with E-state index in [1.807, 2.05) is 49.4 Å². The molecule has 0 fully saturated rings. The number of nitrogens with zero attached hydrogens (tertiary/aromatic N) is 3. The number of allylic oxidation sites excluding steroid dienone is 1. The highest BCUT2D eigenvalue weighted by molar-refractivity contribution is 5.93. The highest BCUT2D eigenvalue weighted by atomic mass is 16.5. The predicted molar refractivity (Wildman–Crippen MR) is 129 cm³/mol. The van der Waals surface area contributed by atoms with Crippen molar-refractivity contribution in [2.45, 2.75) is 39.2 Å². The number of rotatable bonds is 13. The SMILES string of the molecule is CCOc1ncc(/C=C/C(=O)CCCCc2cccc(NCc3ccc(OC)cc3)n2)cn1. The molecule has 7 nitrogen and oxygen atoms in total. The quantitative estimate of drug-likeness (QED) is 0.296. The van der Waals surface area contributed by atoms with E-state index < -0.39 is 0 Å². The number of aromatic nitrogens is 3. The summed E-state index contributed by atoms with van der Waals surface area (Å²) in [5.41, 5.74) is 2.95. The van der Waals surface area contributed by atoms with E-state index in [-0.39, 0.29) is 5.78 Å². The molecule has 0 saturated carbocycles. The smallest absolute Gasteiger partial charge is 0.316 e. The molecule has 0 radical (unpaired) electrons. The molecule has 0 spiro atoms. The molecule has 1 aromatic carbocycles. The van der Waals surface area contributed by atoms with E-state index >= 15 is 0 Å². The number of carbonyl (C=O) groups is 1. The van der Waals surface area contributed by atoms with Crippen molar-refractivity contribution in [1.29, 1.82) is 0 Å². The molecule has 3 aromatic rings. The second-order valence-electron chi connectivity index (χ2n) is 7.45. The summed E-state index contributed by atoms with van der Waals surface area (Å²) < 4.78 is 10.4. The Balaban J connectivity index is 1.38. The van der Waals surface area contributed by atoms with Crippen molar-refractivity contribution < 1.29 is 14.3 Å². The normalized spacial score (nSPS) is 10.8. The second kappa shape index (κ2) is 13.0. The lowest BCUT2D eigenvalue weighted by molar-refractivity contribution is -0.114. The summed E-state index contributed by atoms with van der Waals surface area (Å²) in [6.07, 6.45) is 9.66. The Kier molecular flexibility index (Phi) is 9.39. The topological polar surface area (TPSA) is 86.2 Å². The molecule has 7 heteroatoms. The Hall–Kier alpha value is -3.74. The molecule has 0 aliphatic rings. The number of ketones is 1. The van der Waals surface area contributed by atoms with Crippen LogP contribution in [0, 0.1) is 0 Å². The maximum atomic E-state index is 12.1. The number of unbranched alkanes of at least 4 members (excludes halogenated alkanes) is 1. The van der Waals surface area contributed by atoms with Crippen molar-refractivity contribution in [2.24, 2.45) is 0 Å². The zero-order valence-electron chi connectivity index (χ0n) is 19.2. The number of aryl methyl sites for hydroxylation is 1. The molecule has 3 rings (SSSR count). The monoisotopic (exact) mass is 446 g/mol. The highest BCUT2D eigenvalue weighted by Gasteiger charge is 2.02. The third kappa shape index (κ3) is 8.37. The van der Waals surface area contributed by atoms with Gasteiger partial charge in [0.05, 0.1) is 13.7 Å². The number of hydrogen-bond acceptors (Lipinski definition) is 7. The van der Waals surface area contributed by atoms with Crippen LogP contribution in [0.25, 0.3) is 6.08 Å². The Morgan fingerprint density at radius 1 is 1.06 bits per heavy atom. The van der Waals surface area contributed by atoms with Crippen LogP contribution >= 0.6 is 0 Å². The molecule has 0 amide bonds. The minimum absolute atomic E-state index is 0.0896. The molecule has 0 atom stereocenters. The fourth-order valence-corrected chi connectivity index (χ4v) is 3.15. The minimum atomic E-state index is 0.0896. The lowest BCUT2D eigenvalue weighted by atomic mass is 10.1. The summed E-state index contributed by atoms with van der Waals surface area (Å²) in [7, 11) is 1.66. The van der Waals surface area contributed by atoms with Crippen LogP contribution in [0.4, 0.5) is 5.82 Å². The first-order valence-corrected chi connectivity index (χ1v) is 11.1. The van der Waals surface area contributed by atoms with Crippen molar-refractivity contribution in [3.63, 3.8) is 0 Å². The molecule has 2 aromatic heterocycles. The summed E-state index contributed by atoms with van der Waals surface area (Å²) in [5, 5.41) is 3.36. The van der Waals surface area contributed by atoms with E-state index in [0.717, 1.165) is 47.7 Å². The van der Waals surface area contributed by atoms with Gasteiger partial charge in [-0.15, -0.1) is 0 Å². The molecule has 0 bridgehead atoms. The van der Waals surface area contributed by atoms with E-state index in [1.54, 1.807) is 31.7 Å². The Morgan fingerprint density at radius 3 is 2.58 bits per heavy atom. The van der Waals surface area contributed by atoms with Crippen molar-refractivity contribution in [2.75, 3.05) is 19.0 Å². The third-order valence-corrected chi connectivity index (χ3v) is 4.93. The van der Waals surface area contributed by atoms with Crippen molar-refractivity contribution in [3.8, 4) is 11.8 Å². The Bertz CT molecular complexity index is 1030. The van der Waals surface area contributed by atoms with E-state index in [2.05, 4.69) is 20.3 Å². The Morgan fingerprint density at radius 2 is 1.85 bits per heavy atom. The molecule has 0 aliphatic heterocycles. The van der Waals surface area contributed by atoms with Gasteiger partial charge in [-0.05, 0) is 68.2 Å². The van der Waals surface area contributed by atoms with Gasteiger partial charge in [0.2, 0.25) is 0 Å². The van der Waals surface area contributed by atoms with Gasteiger partial charge in [-0.3, -0.25) is 4.79 Å². The van der Waals surface area contributed by atoms with E-state index in [9.17, 15) is 4.79 Å². The highest BCUT2D eigenvalue weighted by Crippen LogP contribution is 2.14. The average molecular weight is 447 g/mol.